The molecule has 1 aliphatic rings. The van der Waals surface area contributed by atoms with E-state index in [-0.39, 0.29) is 5.60 Å². The summed E-state index contributed by atoms with van der Waals surface area (Å²) in [6, 6.07) is 0. The fourth-order valence-electron chi connectivity index (χ4n) is 3.18. The smallest absolute Gasteiger partial charge is 0.0705 e. The molecular formula is C16H33NO. The van der Waals surface area contributed by atoms with E-state index in [4.69, 9.17) is 4.74 Å². The van der Waals surface area contributed by atoms with Crippen LogP contribution in [0.1, 0.15) is 66.7 Å². The highest BCUT2D eigenvalue weighted by atomic mass is 16.5. The van der Waals surface area contributed by atoms with E-state index in [9.17, 15) is 0 Å². The molecule has 1 rings (SSSR count). The van der Waals surface area contributed by atoms with Crippen LogP contribution in [0, 0.1) is 5.92 Å². The standard InChI is InChI=1S/C16H33NO/c1-7-14(8-2)13-16(18-6)9-11-17(12-10-16)15(3,4)5/h14H,7-13H2,1-6H3. The van der Waals surface area contributed by atoms with Crippen molar-refractivity contribution in [3.63, 3.8) is 0 Å². The minimum Gasteiger partial charge on any atom is -0.378 e. The Morgan fingerprint density at radius 3 is 1.94 bits per heavy atom. The molecule has 18 heavy (non-hydrogen) atoms. The second-order valence-corrected chi connectivity index (χ2v) is 6.93. The van der Waals surface area contributed by atoms with Gasteiger partial charge in [0.05, 0.1) is 5.60 Å². The minimum atomic E-state index is 0.151. The lowest BCUT2D eigenvalue weighted by molar-refractivity contribution is -0.0851. The fourth-order valence-corrected chi connectivity index (χ4v) is 3.18. The first-order valence-electron chi connectivity index (χ1n) is 7.67. The Hall–Kier alpha value is -0.0800. The van der Waals surface area contributed by atoms with Crippen LogP contribution in [0.3, 0.4) is 0 Å². The number of ether oxygens (including phenoxy) is 1. The van der Waals surface area contributed by atoms with E-state index in [0.717, 1.165) is 5.92 Å². The molecule has 1 fully saturated rings. The summed E-state index contributed by atoms with van der Waals surface area (Å²) in [5.41, 5.74) is 0.452. The lowest BCUT2D eigenvalue weighted by atomic mass is 9.80. The predicted molar refractivity (Wildman–Crippen MR) is 79.0 cm³/mol. The third-order valence-electron chi connectivity index (χ3n) is 4.87. The van der Waals surface area contributed by atoms with Crippen molar-refractivity contribution >= 4 is 0 Å². The number of nitrogens with zero attached hydrogens (tertiary/aromatic N) is 1. The molecular weight excluding hydrogens is 222 g/mol. The molecule has 108 valence electrons. The summed E-state index contributed by atoms with van der Waals surface area (Å²) in [6.07, 6.45) is 6.19. The van der Waals surface area contributed by atoms with Crippen LogP contribution >= 0.6 is 0 Å². The van der Waals surface area contributed by atoms with Gasteiger partial charge in [0, 0.05) is 25.7 Å². The molecule has 2 heteroatoms. The lowest BCUT2D eigenvalue weighted by Crippen LogP contribution is -2.52. The summed E-state index contributed by atoms with van der Waals surface area (Å²) in [6.45, 7) is 13.9. The SMILES string of the molecule is CCC(CC)CC1(OC)CCN(C(C)(C)C)CC1. The van der Waals surface area contributed by atoms with Crippen LogP contribution in [-0.2, 0) is 4.74 Å². The van der Waals surface area contributed by atoms with Crippen molar-refractivity contribution in [2.75, 3.05) is 20.2 Å². The first-order valence-corrected chi connectivity index (χ1v) is 7.67. The zero-order valence-corrected chi connectivity index (χ0v) is 13.4. The number of hydrogen-bond donors (Lipinski definition) is 0. The van der Waals surface area contributed by atoms with Crippen molar-refractivity contribution in [3.05, 3.63) is 0 Å². The number of rotatable bonds is 5. The highest BCUT2D eigenvalue weighted by molar-refractivity contribution is 4.92. The van der Waals surface area contributed by atoms with E-state index in [2.05, 4.69) is 39.5 Å². The largest absolute Gasteiger partial charge is 0.378 e. The van der Waals surface area contributed by atoms with Crippen molar-refractivity contribution in [3.8, 4) is 0 Å². The van der Waals surface area contributed by atoms with Gasteiger partial charge in [0.25, 0.3) is 0 Å². The van der Waals surface area contributed by atoms with Gasteiger partial charge in [-0.25, -0.2) is 0 Å². The Kier molecular flexibility index (Phi) is 5.67. The van der Waals surface area contributed by atoms with Crippen LogP contribution < -0.4 is 0 Å². The Morgan fingerprint density at radius 2 is 1.61 bits per heavy atom. The van der Waals surface area contributed by atoms with Gasteiger partial charge in [0.2, 0.25) is 0 Å². The van der Waals surface area contributed by atoms with E-state index < -0.39 is 0 Å². The molecule has 0 unspecified atom stereocenters. The van der Waals surface area contributed by atoms with Crippen molar-refractivity contribution < 1.29 is 4.74 Å². The van der Waals surface area contributed by atoms with Crippen LogP contribution in [-0.4, -0.2) is 36.2 Å². The molecule has 0 saturated carbocycles. The average Bonchev–Trinajstić information content (AvgIpc) is 2.35. The van der Waals surface area contributed by atoms with Crippen molar-refractivity contribution in [1.82, 2.24) is 4.90 Å². The third-order valence-corrected chi connectivity index (χ3v) is 4.87. The molecule has 0 bridgehead atoms. The second kappa shape index (κ2) is 6.38. The summed E-state index contributed by atoms with van der Waals surface area (Å²) in [5, 5.41) is 0. The van der Waals surface area contributed by atoms with E-state index >= 15 is 0 Å². The van der Waals surface area contributed by atoms with E-state index in [1.807, 2.05) is 7.11 Å². The Bertz CT molecular complexity index is 232. The summed E-state index contributed by atoms with van der Waals surface area (Å²) in [5.74, 6) is 0.825. The maximum absolute atomic E-state index is 5.95. The molecule has 0 atom stereocenters. The molecule has 1 saturated heterocycles. The van der Waals surface area contributed by atoms with Crippen molar-refractivity contribution in [1.29, 1.82) is 0 Å². The average molecular weight is 255 g/mol. The van der Waals surface area contributed by atoms with E-state index in [1.54, 1.807) is 0 Å². The monoisotopic (exact) mass is 255 g/mol. The Balaban J connectivity index is 2.60. The van der Waals surface area contributed by atoms with E-state index in [1.165, 1.54) is 45.2 Å². The number of hydrogen-bond acceptors (Lipinski definition) is 2. The molecule has 0 radical (unpaired) electrons. The number of likely N-dealkylation sites (tertiary alicyclic amines) is 1. The molecule has 0 aliphatic carbocycles. The molecule has 0 aromatic rings. The van der Waals surface area contributed by atoms with Crippen LogP contribution in [0.15, 0.2) is 0 Å². The second-order valence-electron chi connectivity index (χ2n) is 6.93. The molecule has 1 heterocycles. The molecule has 0 spiro atoms. The van der Waals surface area contributed by atoms with Gasteiger partial charge < -0.3 is 4.74 Å². The van der Waals surface area contributed by atoms with Gasteiger partial charge >= 0.3 is 0 Å². The Morgan fingerprint density at radius 1 is 1.11 bits per heavy atom. The topological polar surface area (TPSA) is 12.5 Å². The maximum atomic E-state index is 5.95. The van der Waals surface area contributed by atoms with Crippen molar-refractivity contribution in [2.45, 2.75) is 77.9 Å². The number of piperidine rings is 1. The number of methoxy groups -OCH3 is 1. The Labute approximate surface area is 114 Å². The molecule has 0 aromatic heterocycles. The normalized spacial score (nSPS) is 21.5. The third kappa shape index (κ3) is 3.96. The van der Waals surface area contributed by atoms with Gasteiger partial charge in [0.1, 0.15) is 0 Å². The maximum Gasteiger partial charge on any atom is 0.0705 e. The fraction of sp³-hybridized carbons (Fsp3) is 1.00. The van der Waals surface area contributed by atoms with Gasteiger partial charge in [-0.3, -0.25) is 4.90 Å². The first kappa shape index (κ1) is 16.0. The predicted octanol–water partition coefficient (Wildman–Crippen LogP) is 4.09. The van der Waals surface area contributed by atoms with Gasteiger partial charge in [-0.2, -0.15) is 0 Å². The quantitative estimate of drug-likeness (QED) is 0.733. The first-order chi connectivity index (χ1) is 8.37. The minimum absolute atomic E-state index is 0.151. The van der Waals surface area contributed by atoms with E-state index in [0.29, 0.717) is 5.54 Å². The van der Waals surface area contributed by atoms with Crippen LogP contribution in [0.2, 0.25) is 0 Å². The van der Waals surface area contributed by atoms with Crippen LogP contribution in [0.5, 0.6) is 0 Å². The van der Waals surface area contributed by atoms with Crippen molar-refractivity contribution in [2.24, 2.45) is 5.92 Å². The molecule has 0 N–H and O–H groups in total. The summed E-state index contributed by atoms with van der Waals surface area (Å²) >= 11 is 0. The molecule has 1 aliphatic heterocycles. The van der Waals surface area contributed by atoms with Gasteiger partial charge in [-0.05, 0) is 46.0 Å². The molecule has 0 aromatic carbocycles. The summed E-state index contributed by atoms with van der Waals surface area (Å²) < 4.78 is 5.95. The van der Waals surface area contributed by atoms with Gasteiger partial charge in [0.15, 0.2) is 0 Å². The lowest BCUT2D eigenvalue weighted by Gasteiger charge is -2.47. The summed E-state index contributed by atoms with van der Waals surface area (Å²) in [7, 11) is 1.91. The highest BCUT2D eigenvalue weighted by Crippen LogP contribution is 2.36. The molecule has 0 amide bonds. The zero-order valence-electron chi connectivity index (χ0n) is 13.4. The van der Waals surface area contributed by atoms with Gasteiger partial charge in [-0.15, -0.1) is 0 Å². The zero-order chi connectivity index (χ0) is 13.8. The highest BCUT2D eigenvalue weighted by Gasteiger charge is 2.38. The van der Waals surface area contributed by atoms with Crippen LogP contribution in [0.4, 0.5) is 0 Å². The summed E-state index contributed by atoms with van der Waals surface area (Å²) in [4.78, 5) is 2.59. The van der Waals surface area contributed by atoms with Gasteiger partial charge in [-0.1, -0.05) is 26.7 Å². The molecule has 2 nitrogen and oxygen atoms in total. The van der Waals surface area contributed by atoms with Crippen LogP contribution in [0.25, 0.3) is 0 Å².